The maximum absolute atomic E-state index is 8.95. The summed E-state index contributed by atoms with van der Waals surface area (Å²) in [6.45, 7) is 4.20. The molecule has 14 heavy (non-hydrogen) atoms. The van der Waals surface area contributed by atoms with E-state index in [2.05, 4.69) is 0 Å². The number of aryl methyl sites for hydroxylation is 1. The molecule has 0 bridgehead atoms. The van der Waals surface area contributed by atoms with Gasteiger partial charge in [-0.15, -0.1) is 0 Å². The van der Waals surface area contributed by atoms with Gasteiger partial charge in [0.05, 0.1) is 11.6 Å². The predicted octanol–water partition coefficient (Wildman–Crippen LogP) is 0.727. The largest absolute Gasteiger partial charge is 0.492 e. The molecule has 0 unspecified atom stereocenters. The van der Waals surface area contributed by atoms with E-state index in [4.69, 9.17) is 26.4 Å². The van der Waals surface area contributed by atoms with Crippen LogP contribution in [0.15, 0.2) is 12.1 Å². The lowest BCUT2D eigenvalue weighted by Gasteiger charge is -2.11. The van der Waals surface area contributed by atoms with E-state index in [0.717, 1.165) is 5.56 Å². The molecule has 0 aliphatic carbocycles. The third-order valence-electron chi connectivity index (χ3n) is 1.84. The monoisotopic (exact) mass is 214 g/mol. The van der Waals surface area contributed by atoms with E-state index in [1.807, 2.05) is 13.8 Å². The summed E-state index contributed by atoms with van der Waals surface area (Å²) in [6, 6.07) is 3.13. The highest BCUT2D eigenvalue weighted by atomic mass is 35.5. The molecule has 1 aromatic carbocycles. The first-order chi connectivity index (χ1) is 6.56. The highest BCUT2D eigenvalue weighted by Crippen LogP contribution is 2.27. The second-order valence-corrected chi connectivity index (χ2v) is 3.36. The molecule has 0 fully saturated rings. The summed E-state index contributed by atoms with van der Waals surface area (Å²) in [5.41, 5.74) is 1.17. The van der Waals surface area contributed by atoms with Crippen LogP contribution in [0.3, 0.4) is 0 Å². The van der Waals surface area contributed by atoms with Crippen LogP contribution in [0, 0.1) is 6.92 Å². The Bertz CT molecular complexity index is 305. The van der Waals surface area contributed by atoms with E-state index in [0.29, 0.717) is 22.8 Å². The minimum Gasteiger partial charge on any atom is -0.492 e. The second kappa shape index (κ2) is 4.69. The predicted molar refractivity (Wildman–Crippen MR) is 57.2 cm³/mol. The third kappa shape index (κ3) is 2.41. The Hall–Kier alpha value is -0.705. The van der Waals surface area contributed by atoms with Gasteiger partial charge >= 0.3 is 7.12 Å². The summed E-state index contributed by atoms with van der Waals surface area (Å²) >= 11 is 5.91. The number of hydrogen-bond donors (Lipinski definition) is 2. The van der Waals surface area contributed by atoms with Gasteiger partial charge in [0.25, 0.3) is 0 Å². The first-order valence-electron chi connectivity index (χ1n) is 4.35. The molecule has 0 aliphatic rings. The maximum Gasteiger partial charge on any atom is 0.488 e. The first-order valence-corrected chi connectivity index (χ1v) is 4.73. The Morgan fingerprint density at radius 2 is 2.07 bits per heavy atom. The molecule has 0 aliphatic heterocycles. The molecule has 0 amide bonds. The van der Waals surface area contributed by atoms with Gasteiger partial charge in [-0.3, -0.25) is 0 Å². The van der Waals surface area contributed by atoms with Gasteiger partial charge in [0, 0.05) is 0 Å². The fourth-order valence-electron chi connectivity index (χ4n) is 1.23. The van der Waals surface area contributed by atoms with Crippen LogP contribution in [0.1, 0.15) is 12.5 Å². The molecule has 0 spiro atoms. The number of halogens is 1. The molecule has 1 aromatic rings. The zero-order valence-corrected chi connectivity index (χ0v) is 8.88. The Morgan fingerprint density at radius 1 is 1.43 bits per heavy atom. The first kappa shape index (κ1) is 11.4. The van der Waals surface area contributed by atoms with Gasteiger partial charge in [0.1, 0.15) is 5.75 Å². The van der Waals surface area contributed by atoms with E-state index in [1.54, 1.807) is 6.07 Å². The van der Waals surface area contributed by atoms with Crippen molar-refractivity contribution in [2.75, 3.05) is 6.61 Å². The van der Waals surface area contributed by atoms with Crippen molar-refractivity contribution in [2.24, 2.45) is 0 Å². The fraction of sp³-hybridized carbons (Fsp3) is 0.333. The number of ether oxygens (including phenoxy) is 1. The van der Waals surface area contributed by atoms with Crippen LogP contribution in [-0.2, 0) is 0 Å². The molecular formula is C9H12BClO3. The summed E-state index contributed by atoms with van der Waals surface area (Å²) in [6.07, 6.45) is 0. The molecule has 3 nitrogen and oxygen atoms in total. The lowest BCUT2D eigenvalue weighted by molar-refractivity contribution is 0.338. The van der Waals surface area contributed by atoms with Gasteiger partial charge in [-0.2, -0.15) is 0 Å². The molecule has 1 rings (SSSR count). The van der Waals surface area contributed by atoms with Crippen molar-refractivity contribution in [2.45, 2.75) is 13.8 Å². The molecule has 0 heterocycles. The molecule has 2 N–H and O–H groups in total. The molecule has 0 aromatic heterocycles. The lowest BCUT2D eigenvalue weighted by atomic mass is 9.79. The van der Waals surface area contributed by atoms with Crippen LogP contribution in [0.5, 0.6) is 5.75 Å². The van der Waals surface area contributed by atoms with Crippen molar-refractivity contribution >= 4 is 24.2 Å². The number of hydrogen-bond acceptors (Lipinski definition) is 3. The van der Waals surface area contributed by atoms with Gasteiger partial charge in [-0.1, -0.05) is 17.7 Å². The van der Waals surface area contributed by atoms with Crippen LogP contribution >= 0.6 is 11.6 Å². The van der Waals surface area contributed by atoms with E-state index >= 15 is 0 Å². The van der Waals surface area contributed by atoms with Crippen molar-refractivity contribution in [1.82, 2.24) is 0 Å². The van der Waals surface area contributed by atoms with Crippen molar-refractivity contribution in [3.05, 3.63) is 22.7 Å². The van der Waals surface area contributed by atoms with Gasteiger partial charge in [0.2, 0.25) is 0 Å². The zero-order valence-electron chi connectivity index (χ0n) is 8.12. The van der Waals surface area contributed by atoms with Gasteiger partial charge in [0.15, 0.2) is 0 Å². The molecule has 76 valence electrons. The summed E-state index contributed by atoms with van der Waals surface area (Å²) in [5.74, 6) is 0.596. The van der Waals surface area contributed by atoms with Crippen molar-refractivity contribution in [3.63, 3.8) is 0 Å². The number of benzene rings is 1. The second-order valence-electron chi connectivity index (χ2n) is 2.96. The Balaban J connectivity index is 3.11. The average Bonchev–Trinajstić information content (AvgIpc) is 2.10. The summed E-state index contributed by atoms with van der Waals surface area (Å²) in [5, 5.41) is 18.3. The van der Waals surface area contributed by atoms with Crippen LogP contribution in [-0.4, -0.2) is 23.8 Å². The van der Waals surface area contributed by atoms with E-state index in [-0.39, 0.29) is 0 Å². The van der Waals surface area contributed by atoms with E-state index in [9.17, 15) is 0 Å². The Kier molecular flexibility index (Phi) is 3.81. The third-order valence-corrected chi connectivity index (χ3v) is 2.12. The standard InChI is InChI=1S/C9H12BClO3/c1-3-14-9-6(2)4-7(10(12)13)5-8(9)11/h4-5,12-13H,3H2,1-2H3. The molecule has 0 radical (unpaired) electrons. The van der Waals surface area contributed by atoms with Crippen LogP contribution in [0.2, 0.25) is 5.02 Å². The van der Waals surface area contributed by atoms with Crippen LogP contribution in [0.4, 0.5) is 0 Å². The molecule has 0 atom stereocenters. The van der Waals surface area contributed by atoms with Crippen molar-refractivity contribution in [1.29, 1.82) is 0 Å². The molecule has 0 saturated carbocycles. The van der Waals surface area contributed by atoms with Crippen LogP contribution < -0.4 is 10.2 Å². The summed E-state index contributed by atoms with van der Waals surface area (Å²) in [7, 11) is -1.50. The molecular weight excluding hydrogens is 202 g/mol. The minimum atomic E-state index is -1.50. The average molecular weight is 214 g/mol. The van der Waals surface area contributed by atoms with E-state index in [1.165, 1.54) is 6.07 Å². The highest BCUT2D eigenvalue weighted by molar-refractivity contribution is 6.59. The minimum absolute atomic E-state index is 0.371. The molecule has 0 saturated heterocycles. The maximum atomic E-state index is 8.95. The van der Waals surface area contributed by atoms with Gasteiger partial charge < -0.3 is 14.8 Å². The van der Waals surface area contributed by atoms with Crippen LogP contribution in [0.25, 0.3) is 0 Å². The lowest BCUT2D eigenvalue weighted by Crippen LogP contribution is -2.30. The number of rotatable bonds is 3. The van der Waals surface area contributed by atoms with Crippen molar-refractivity contribution < 1.29 is 14.8 Å². The van der Waals surface area contributed by atoms with Gasteiger partial charge in [-0.05, 0) is 30.9 Å². The summed E-state index contributed by atoms with van der Waals surface area (Å²) < 4.78 is 5.31. The highest BCUT2D eigenvalue weighted by Gasteiger charge is 2.15. The topological polar surface area (TPSA) is 49.7 Å². The smallest absolute Gasteiger partial charge is 0.488 e. The van der Waals surface area contributed by atoms with Crippen molar-refractivity contribution in [3.8, 4) is 5.75 Å². The normalized spacial score (nSPS) is 10.1. The van der Waals surface area contributed by atoms with Gasteiger partial charge in [-0.25, -0.2) is 0 Å². The Labute approximate surface area is 88.4 Å². The zero-order chi connectivity index (χ0) is 10.7. The molecule has 5 heteroatoms. The summed E-state index contributed by atoms with van der Waals surface area (Å²) in [4.78, 5) is 0. The quantitative estimate of drug-likeness (QED) is 0.729. The fourth-order valence-corrected chi connectivity index (χ4v) is 1.56. The SMILES string of the molecule is CCOc1c(C)cc(B(O)O)cc1Cl. The van der Waals surface area contributed by atoms with E-state index < -0.39 is 7.12 Å². The Morgan fingerprint density at radius 3 is 2.50 bits per heavy atom.